The Hall–Kier alpha value is -0.730. The molecule has 0 aliphatic carbocycles. The summed E-state index contributed by atoms with van der Waals surface area (Å²) in [7, 11) is 1.78. The van der Waals surface area contributed by atoms with E-state index in [1.807, 2.05) is 12.1 Å². The number of aliphatic hydroxyl groups excluding tert-OH is 1. The van der Waals surface area contributed by atoms with Crippen LogP contribution in [0.4, 0.5) is 5.69 Å². The van der Waals surface area contributed by atoms with E-state index in [2.05, 4.69) is 5.32 Å². The van der Waals surface area contributed by atoms with Gasteiger partial charge in [-0.2, -0.15) is 0 Å². The first-order valence-electron chi connectivity index (χ1n) is 3.35. The molecule has 2 nitrogen and oxygen atoms in total. The molecule has 0 heterocycles. The number of aliphatic hydroxyl groups is 1. The molecule has 1 aromatic carbocycles. The van der Waals surface area contributed by atoms with Crippen molar-refractivity contribution in [2.45, 2.75) is 6.61 Å². The zero-order valence-corrected chi connectivity index (χ0v) is 7.02. The SMILES string of the molecule is CNc1c(Cl)cccc1CO. The number of halogens is 1. The first-order chi connectivity index (χ1) is 5.29. The van der Waals surface area contributed by atoms with E-state index in [-0.39, 0.29) is 6.61 Å². The Labute approximate surface area is 70.8 Å². The van der Waals surface area contributed by atoms with Gasteiger partial charge in [-0.3, -0.25) is 0 Å². The number of anilines is 1. The molecule has 1 rings (SSSR count). The van der Waals surface area contributed by atoms with Crippen LogP contribution in [0.1, 0.15) is 5.56 Å². The maximum absolute atomic E-state index is 8.88. The molecule has 0 aromatic heterocycles. The Balaban J connectivity index is 3.13. The first-order valence-corrected chi connectivity index (χ1v) is 3.73. The third kappa shape index (κ3) is 1.64. The van der Waals surface area contributed by atoms with Crippen LogP contribution in [0.3, 0.4) is 0 Å². The highest BCUT2D eigenvalue weighted by molar-refractivity contribution is 6.33. The summed E-state index contributed by atoms with van der Waals surface area (Å²) in [6.07, 6.45) is 0. The summed E-state index contributed by atoms with van der Waals surface area (Å²) in [4.78, 5) is 0. The summed E-state index contributed by atoms with van der Waals surface area (Å²) in [6.45, 7) is 0.0106. The summed E-state index contributed by atoms with van der Waals surface area (Å²) in [5.41, 5.74) is 1.62. The molecule has 0 fully saturated rings. The minimum atomic E-state index is 0.0106. The molecule has 11 heavy (non-hydrogen) atoms. The third-order valence-electron chi connectivity index (χ3n) is 1.52. The van der Waals surface area contributed by atoms with Gasteiger partial charge in [-0.1, -0.05) is 23.7 Å². The molecule has 0 atom stereocenters. The molecule has 3 heteroatoms. The molecule has 0 aliphatic rings. The molecule has 0 radical (unpaired) electrons. The second-order valence-electron chi connectivity index (χ2n) is 2.18. The molecule has 0 bridgehead atoms. The van der Waals surface area contributed by atoms with E-state index < -0.39 is 0 Å². The maximum Gasteiger partial charge on any atom is 0.0702 e. The molecule has 0 aliphatic heterocycles. The normalized spacial score (nSPS) is 9.73. The van der Waals surface area contributed by atoms with Crippen LogP contribution in [0.15, 0.2) is 18.2 Å². The largest absolute Gasteiger partial charge is 0.392 e. The average Bonchev–Trinajstić information content (AvgIpc) is 2.04. The Morgan fingerprint density at radius 1 is 1.55 bits per heavy atom. The molecule has 1 aromatic rings. The standard InChI is InChI=1S/C8H10ClNO/c1-10-8-6(5-11)3-2-4-7(8)9/h2-4,10-11H,5H2,1H3. The van der Waals surface area contributed by atoms with Crippen molar-refractivity contribution in [3.8, 4) is 0 Å². The zero-order chi connectivity index (χ0) is 8.27. The van der Waals surface area contributed by atoms with E-state index in [4.69, 9.17) is 16.7 Å². The van der Waals surface area contributed by atoms with Gasteiger partial charge in [0.05, 0.1) is 17.3 Å². The number of rotatable bonds is 2. The average molecular weight is 172 g/mol. The fourth-order valence-corrected chi connectivity index (χ4v) is 1.27. The predicted octanol–water partition coefficient (Wildman–Crippen LogP) is 1.87. The molecule has 0 amide bonds. The molecule has 2 N–H and O–H groups in total. The summed E-state index contributed by atoms with van der Waals surface area (Å²) >= 11 is 5.83. The second-order valence-corrected chi connectivity index (χ2v) is 2.59. The lowest BCUT2D eigenvalue weighted by atomic mass is 10.2. The van der Waals surface area contributed by atoms with Gasteiger partial charge in [0.2, 0.25) is 0 Å². The van der Waals surface area contributed by atoms with E-state index in [0.717, 1.165) is 11.3 Å². The van der Waals surface area contributed by atoms with Crippen LogP contribution in [-0.4, -0.2) is 12.2 Å². The quantitative estimate of drug-likeness (QED) is 0.712. The van der Waals surface area contributed by atoms with Gasteiger partial charge >= 0.3 is 0 Å². The summed E-state index contributed by atoms with van der Waals surface area (Å²) in [5, 5.41) is 12.4. The van der Waals surface area contributed by atoms with Gasteiger partial charge in [-0.15, -0.1) is 0 Å². The lowest BCUT2D eigenvalue weighted by molar-refractivity contribution is 0.282. The predicted molar refractivity (Wildman–Crippen MR) is 46.9 cm³/mol. The second kappa shape index (κ2) is 3.60. The van der Waals surface area contributed by atoms with E-state index >= 15 is 0 Å². The van der Waals surface area contributed by atoms with Crippen molar-refractivity contribution in [3.05, 3.63) is 28.8 Å². The highest BCUT2D eigenvalue weighted by atomic mass is 35.5. The van der Waals surface area contributed by atoms with E-state index in [1.54, 1.807) is 13.1 Å². The van der Waals surface area contributed by atoms with Crippen LogP contribution >= 0.6 is 11.6 Å². The third-order valence-corrected chi connectivity index (χ3v) is 1.84. The molecular weight excluding hydrogens is 162 g/mol. The summed E-state index contributed by atoms with van der Waals surface area (Å²) in [6, 6.07) is 5.43. The number of hydrogen-bond acceptors (Lipinski definition) is 2. The van der Waals surface area contributed by atoms with Gasteiger partial charge in [0.25, 0.3) is 0 Å². The van der Waals surface area contributed by atoms with Crippen LogP contribution in [0, 0.1) is 0 Å². The molecule has 60 valence electrons. The Morgan fingerprint density at radius 3 is 2.73 bits per heavy atom. The van der Waals surface area contributed by atoms with Crippen molar-refractivity contribution < 1.29 is 5.11 Å². The first kappa shape index (κ1) is 8.37. The van der Waals surface area contributed by atoms with Crippen molar-refractivity contribution >= 4 is 17.3 Å². The number of benzene rings is 1. The van der Waals surface area contributed by atoms with Gasteiger partial charge in [-0.05, 0) is 6.07 Å². The maximum atomic E-state index is 8.88. The molecule has 0 saturated carbocycles. The smallest absolute Gasteiger partial charge is 0.0702 e. The van der Waals surface area contributed by atoms with Gasteiger partial charge in [-0.25, -0.2) is 0 Å². The fraction of sp³-hybridized carbons (Fsp3) is 0.250. The van der Waals surface area contributed by atoms with Crippen LogP contribution in [-0.2, 0) is 6.61 Å². The Morgan fingerprint density at radius 2 is 2.27 bits per heavy atom. The van der Waals surface area contributed by atoms with Crippen molar-refractivity contribution in [2.75, 3.05) is 12.4 Å². The highest BCUT2D eigenvalue weighted by Crippen LogP contribution is 2.24. The number of para-hydroxylation sites is 1. The molecule has 0 spiro atoms. The van der Waals surface area contributed by atoms with Crippen LogP contribution in [0.25, 0.3) is 0 Å². The monoisotopic (exact) mass is 171 g/mol. The topological polar surface area (TPSA) is 32.3 Å². The van der Waals surface area contributed by atoms with Gasteiger partial charge in [0, 0.05) is 12.6 Å². The lowest BCUT2D eigenvalue weighted by Gasteiger charge is -2.07. The summed E-state index contributed by atoms with van der Waals surface area (Å²) < 4.78 is 0. The van der Waals surface area contributed by atoms with E-state index in [0.29, 0.717) is 5.02 Å². The van der Waals surface area contributed by atoms with E-state index in [9.17, 15) is 0 Å². The van der Waals surface area contributed by atoms with Crippen molar-refractivity contribution in [2.24, 2.45) is 0 Å². The van der Waals surface area contributed by atoms with Gasteiger partial charge in [0.1, 0.15) is 0 Å². The molecule has 0 saturated heterocycles. The van der Waals surface area contributed by atoms with Crippen molar-refractivity contribution in [3.63, 3.8) is 0 Å². The van der Waals surface area contributed by atoms with Crippen LogP contribution in [0.2, 0.25) is 5.02 Å². The fourth-order valence-electron chi connectivity index (χ4n) is 0.981. The van der Waals surface area contributed by atoms with E-state index in [1.165, 1.54) is 0 Å². The van der Waals surface area contributed by atoms with Crippen LogP contribution < -0.4 is 5.32 Å². The number of hydrogen-bond donors (Lipinski definition) is 2. The van der Waals surface area contributed by atoms with Crippen molar-refractivity contribution in [1.29, 1.82) is 0 Å². The number of nitrogens with one attached hydrogen (secondary N) is 1. The molecule has 0 unspecified atom stereocenters. The van der Waals surface area contributed by atoms with Crippen LogP contribution in [0.5, 0.6) is 0 Å². The Kier molecular flexibility index (Phi) is 2.74. The molecular formula is C8H10ClNO. The van der Waals surface area contributed by atoms with Gasteiger partial charge in [0.15, 0.2) is 0 Å². The highest BCUT2D eigenvalue weighted by Gasteiger charge is 2.02. The lowest BCUT2D eigenvalue weighted by Crippen LogP contribution is -1.95. The van der Waals surface area contributed by atoms with Crippen molar-refractivity contribution in [1.82, 2.24) is 0 Å². The summed E-state index contributed by atoms with van der Waals surface area (Å²) in [5.74, 6) is 0. The van der Waals surface area contributed by atoms with Gasteiger partial charge < -0.3 is 10.4 Å². The minimum absolute atomic E-state index is 0.0106. The zero-order valence-electron chi connectivity index (χ0n) is 6.26. The minimum Gasteiger partial charge on any atom is -0.392 e. The Bertz CT molecular complexity index is 250.